The van der Waals surface area contributed by atoms with E-state index in [0.29, 0.717) is 11.3 Å². The zero-order chi connectivity index (χ0) is 16.3. The van der Waals surface area contributed by atoms with Gasteiger partial charge >= 0.3 is 0 Å². The molecule has 0 fully saturated rings. The van der Waals surface area contributed by atoms with Crippen molar-refractivity contribution in [2.24, 2.45) is 0 Å². The molecule has 0 aliphatic heterocycles. The second-order valence-electron chi connectivity index (χ2n) is 5.57. The zero-order valence-electron chi connectivity index (χ0n) is 12.5. The van der Waals surface area contributed by atoms with Crippen LogP contribution < -0.4 is 4.72 Å². The van der Waals surface area contributed by atoms with Crippen molar-refractivity contribution >= 4 is 27.5 Å². The predicted molar refractivity (Wildman–Crippen MR) is 85.2 cm³/mol. The van der Waals surface area contributed by atoms with E-state index in [1.54, 1.807) is 18.7 Å². The molecule has 1 rings (SSSR count). The quantitative estimate of drug-likeness (QED) is 0.491. The van der Waals surface area contributed by atoms with Gasteiger partial charge in [0, 0.05) is 29.2 Å². The Morgan fingerprint density at radius 3 is 2.48 bits per heavy atom. The summed E-state index contributed by atoms with van der Waals surface area (Å²) in [4.78, 5) is 10.1. The van der Waals surface area contributed by atoms with E-state index in [0.717, 1.165) is 6.07 Å². The Labute approximate surface area is 129 Å². The second kappa shape index (κ2) is 6.76. The molecule has 0 aromatic heterocycles. The third kappa shape index (κ3) is 5.64. The minimum absolute atomic E-state index is 0.0440. The average Bonchev–Trinajstić information content (AvgIpc) is 2.33. The number of benzene rings is 1. The van der Waals surface area contributed by atoms with Crippen molar-refractivity contribution < 1.29 is 13.3 Å². The molecule has 0 atom stereocenters. The lowest BCUT2D eigenvalue weighted by atomic mass is 10.2. The summed E-state index contributed by atoms with van der Waals surface area (Å²) in [5, 5.41) is 10.7. The largest absolute Gasteiger partial charge is 0.270 e. The Balaban J connectivity index is 2.83. The average molecular weight is 332 g/mol. The Morgan fingerprint density at radius 1 is 1.33 bits per heavy atom. The van der Waals surface area contributed by atoms with Crippen molar-refractivity contribution in [1.82, 2.24) is 4.72 Å². The molecule has 0 heterocycles. The van der Waals surface area contributed by atoms with Crippen LogP contribution in [0.3, 0.4) is 0 Å². The maximum absolute atomic E-state index is 12.2. The van der Waals surface area contributed by atoms with Crippen molar-refractivity contribution in [2.45, 2.75) is 37.3 Å². The smallest absolute Gasteiger partial charge is 0.258 e. The number of nitrogens with zero attached hydrogens (tertiary/aromatic N) is 1. The summed E-state index contributed by atoms with van der Waals surface area (Å²) < 4.78 is 27.0. The second-order valence-corrected chi connectivity index (χ2v) is 9.22. The molecule has 118 valence electrons. The van der Waals surface area contributed by atoms with Crippen LogP contribution in [0.15, 0.2) is 23.1 Å². The number of nitro groups is 1. The van der Waals surface area contributed by atoms with Crippen LogP contribution in [0.4, 0.5) is 5.69 Å². The minimum Gasteiger partial charge on any atom is -0.258 e. The molecule has 21 heavy (non-hydrogen) atoms. The molecular weight excluding hydrogens is 312 g/mol. The van der Waals surface area contributed by atoms with Gasteiger partial charge in [-0.3, -0.25) is 10.1 Å². The van der Waals surface area contributed by atoms with Crippen LogP contribution in [0.5, 0.6) is 0 Å². The predicted octanol–water partition coefficient (Wildman–Crippen LogP) is 2.71. The van der Waals surface area contributed by atoms with E-state index in [1.807, 2.05) is 0 Å². The van der Waals surface area contributed by atoms with Crippen LogP contribution in [0.2, 0.25) is 0 Å². The summed E-state index contributed by atoms with van der Waals surface area (Å²) in [5.74, 6) is 0.636. The summed E-state index contributed by atoms with van der Waals surface area (Å²) in [6.45, 7) is 8.05. The zero-order valence-corrected chi connectivity index (χ0v) is 14.2. The van der Waals surface area contributed by atoms with Gasteiger partial charge in [0.25, 0.3) is 5.69 Å². The number of rotatable bonds is 6. The van der Waals surface area contributed by atoms with Gasteiger partial charge in [0.1, 0.15) is 0 Å². The van der Waals surface area contributed by atoms with Gasteiger partial charge in [-0.2, -0.15) is 11.8 Å². The lowest BCUT2D eigenvalue weighted by Gasteiger charge is -2.17. The summed E-state index contributed by atoms with van der Waals surface area (Å²) in [6.07, 6.45) is 0. The van der Waals surface area contributed by atoms with Gasteiger partial charge in [0.15, 0.2) is 0 Å². The monoisotopic (exact) mass is 332 g/mol. The molecule has 1 N–H and O–H groups in total. The fourth-order valence-electron chi connectivity index (χ4n) is 1.60. The molecule has 1 aromatic carbocycles. The highest BCUT2D eigenvalue weighted by Crippen LogP contribution is 2.23. The first-order valence-corrected chi connectivity index (χ1v) is 8.88. The fraction of sp³-hybridized carbons (Fsp3) is 0.538. The Morgan fingerprint density at radius 2 is 1.95 bits per heavy atom. The number of non-ortho nitro benzene ring substituents is 1. The number of hydrogen-bond acceptors (Lipinski definition) is 5. The van der Waals surface area contributed by atoms with Crippen LogP contribution in [0, 0.1) is 17.0 Å². The fourth-order valence-corrected chi connectivity index (χ4v) is 3.84. The molecule has 0 amide bonds. The van der Waals surface area contributed by atoms with Crippen molar-refractivity contribution in [3.63, 3.8) is 0 Å². The van der Waals surface area contributed by atoms with E-state index in [-0.39, 0.29) is 21.9 Å². The molecule has 0 unspecified atom stereocenters. The standard InChI is InChI=1S/C13H20N2O4S2/c1-10-5-6-11(15(16)17)9-12(10)21(18,19)14-7-8-20-13(2,3)4/h5-6,9,14H,7-8H2,1-4H3. The van der Waals surface area contributed by atoms with E-state index < -0.39 is 14.9 Å². The Bertz CT molecular complexity index is 622. The number of nitrogens with one attached hydrogen (secondary N) is 1. The molecule has 8 heteroatoms. The maximum atomic E-state index is 12.2. The van der Waals surface area contributed by atoms with Crippen LogP contribution in [-0.4, -0.2) is 30.4 Å². The van der Waals surface area contributed by atoms with Gasteiger partial charge in [-0.1, -0.05) is 26.8 Å². The summed E-state index contributed by atoms with van der Waals surface area (Å²) >= 11 is 1.65. The number of nitro benzene ring substituents is 1. The minimum atomic E-state index is -3.73. The Hall–Kier alpha value is -1.12. The summed E-state index contributed by atoms with van der Waals surface area (Å²) in [5.41, 5.74) is 0.251. The van der Waals surface area contributed by atoms with Gasteiger partial charge in [-0.15, -0.1) is 0 Å². The van der Waals surface area contributed by atoms with E-state index >= 15 is 0 Å². The van der Waals surface area contributed by atoms with Crippen LogP contribution >= 0.6 is 11.8 Å². The first-order chi connectivity index (χ1) is 9.53. The van der Waals surface area contributed by atoms with Crippen LogP contribution in [0.1, 0.15) is 26.3 Å². The third-order valence-electron chi connectivity index (χ3n) is 2.60. The third-order valence-corrected chi connectivity index (χ3v) is 5.48. The summed E-state index contributed by atoms with van der Waals surface area (Å²) in [7, 11) is -3.73. The molecule has 6 nitrogen and oxygen atoms in total. The lowest BCUT2D eigenvalue weighted by Crippen LogP contribution is -2.27. The first-order valence-electron chi connectivity index (χ1n) is 6.41. The molecule has 0 saturated heterocycles. The van der Waals surface area contributed by atoms with Crippen LogP contribution in [-0.2, 0) is 10.0 Å². The van der Waals surface area contributed by atoms with E-state index in [1.165, 1.54) is 12.1 Å². The highest BCUT2D eigenvalue weighted by Gasteiger charge is 2.20. The number of sulfonamides is 1. The molecule has 0 aliphatic rings. The van der Waals surface area contributed by atoms with Crippen LogP contribution in [0.25, 0.3) is 0 Å². The lowest BCUT2D eigenvalue weighted by molar-refractivity contribution is -0.385. The number of hydrogen-bond donors (Lipinski definition) is 1. The number of aryl methyl sites for hydroxylation is 1. The van der Waals surface area contributed by atoms with Crippen molar-refractivity contribution in [2.75, 3.05) is 12.3 Å². The molecule has 0 radical (unpaired) electrons. The molecule has 0 aliphatic carbocycles. The maximum Gasteiger partial charge on any atom is 0.270 e. The van der Waals surface area contributed by atoms with Crippen molar-refractivity contribution in [3.8, 4) is 0 Å². The van der Waals surface area contributed by atoms with E-state index in [9.17, 15) is 18.5 Å². The molecule has 0 bridgehead atoms. The van der Waals surface area contributed by atoms with Crippen molar-refractivity contribution in [1.29, 1.82) is 0 Å². The highest BCUT2D eigenvalue weighted by atomic mass is 32.2. The number of thioether (sulfide) groups is 1. The first kappa shape index (κ1) is 17.9. The molecule has 0 saturated carbocycles. The van der Waals surface area contributed by atoms with Gasteiger partial charge < -0.3 is 0 Å². The summed E-state index contributed by atoms with van der Waals surface area (Å²) in [6, 6.07) is 3.83. The van der Waals surface area contributed by atoms with Gasteiger partial charge in [-0.05, 0) is 12.5 Å². The molecule has 1 aromatic rings. The SMILES string of the molecule is Cc1ccc([N+](=O)[O-])cc1S(=O)(=O)NCCSC(C)(C)C. The normalized spacial score (nSPS) is 12.4. The van der Waals surface area contributed by atoms with E-state index in [2.05, 4.69) is 25.5 Å². The highest BCUT2D eigenvalue weighted by molar-refractivity contribution is 8.00. The molecular formula is C13H20N2O4S2. The molecule has 0 spiro atoms. The van der Waals surface area contributed by atoms with Gasteiger partial charge in [0.2, 0.25) is 10.0 Å². The van der Waals surface area contributed by atoms with Gasteiger partial charge in [0.05, 0.1) is 9.82 Å². The van der Waals surface area contributed by atoms with Gasteiger partial charge in [-0.25, -0.2) is 13.1 Å². The van der Waals surface area contributed by atoms with Crippen molar-refractivity contribution in [3.05, 3.63) is 33.9 Å². The van der Waals surface area contributed by atoms with E-state index in [4.69, 9.17) is 0 Å². The topological polar surface area (TPSA) is 89.3 Å². The Kier molecular flexibility index (Phi) is 5.77.